The third-order valence-electron chi connectivity index (χ3n) is 2.43. The first-order chi connectivity index (χ1) is 8.61. The largest absolute Gasteiger partial charge is 0.375 e. The Hall–Kier alpha value is -2.05. The molecule has 7 heteroatoms. The van der Waals surface area contributed by atoms with E-state index in [2.05, 4.69) is 15.4 Å². The van der Waals surface area contributed by atoms with Gasteiger partial charge in [-0.3, -0.25) is 0 Å². The molecule has 0 amide bonds. The van der Waals surface area contributed by atoms with E-state index in [1.807, 2.05) is 6.92 Å². The summed E-state index contributed by atoms with van der Waals surface area (Å²) in [4.78, 5) is 3.96. The standard InChI is InChI=1S/C11H11F3N4/c1-2-18-10(16-6-17-18)5-15-9-4-7(12)3-8(13)11(9)14/h3-4,6,15H,2,5H2,1H3. The molecule has 0 saturated carbocycles. The van der Waals surface area contributed by atoms with Gasteiger partial charge in [0.15, 0.2) is 11.6 Å². The molecule has 0 radical (unpaired) electrons. The highest BCUT2D eigenvalue weighted by Gasteiger charge is 2.11. The van der Waals surface area contributed by atoms with Crippen LogP contribution in [0.5, 0.6) is 0 Å². The SMILES string of the molecule is CCn1ncnc1CNc1cc(F)cc(F)c1F. The number of benzene rings is 1. The molecule has 0 aliphatic carbocycles. The van der Waals surface area contributed by atoms with Crippen molar-refractivity contribution in [2.24, 2.45) is 0 Å². The summed E-state index contributed by atoms with van der Waals surface area (Å²) in [7, 11) is 0. The van der Waals surface area contributed by atoms with E-state index in [0.29, 0.717) is 18.4 Å². The van der Waals surface area contributed by atoms with E-state index in [1.165, 1.54) is 6.33 Å². The zero-order valence-electron chi connectivity index (χ0n) is 9.62. The second-order valence-electron chi connectivity index (χ2n) is 3.59. The first-order valence-electron chi connectivity index (χ1n) is 5.37. The highest BCUT2D eigenvalue weighted by Crippen LogP contribution is 2.19. The molecule has 0 bridgehead atoms. The van der Waals surface area contributed by atoms with Crippen molar-refractivity contribution in [3.05, 3.63) is 41.7 Å². The van der Waals surface area contributed by atoms with Gasteiger partial charge in [0.05, 0.1) is 12.2 Å². The average Bonchev–Trinajstić information content (AvgIpc) is 2.79. The molecule has 2 rings (SSSR count). The summed E-state index contributed by atoms with van der Waals surface area (Å²) in [6, 6.07) is 1.39. The summed E-state index contributed by atoms with van der Waals surface area (Å²) in [6.07, 6.45) is 1.36. The molecule has 0 saturated heterocycles. The fraction of sp³-hybridized carbons (Fsp3) is 0.273. The van der Waals surface area contributed by atoms with E-state index in [1.54, 1.807) is 4.68 Å². The predicted octanol–water partition coefficient (Wildman–Crippen LogP) is 2.33. The Morgan fingerprint density at radius 3 is 2.78 bits per heavy atom. The van der Waals surface area contributed by atoms with Crippen LogP contribution in [0.3, 0.4) is 0 Å². The zero-order chi connectivity index (χ0) is 13.1. The highest BCUT2D eigenvalue weighted by atomic mass is 19.2. The van der Waals surface area contributed by atoms with Gasteiger partial charge in [0.25, 0.3) is 0 Å². The fourth-order valence-electron chi connectivity index (χ4n) is 1.55. The summed E-state index contributed by atoms with van der Waals surface area (Å²) in [5, 5.41) is 6.52. The summed E-state index contributed by atoms with van der Waals surface area (Å²) in [6.45, 7) is 2.62. The fourth-order valence-corrected chi connectivity index (χ4v) is 1.55. The number of hydrogen-bond donors (Lipinski definition) is 1. The van der Waals surface area contributed by atoms with Crippen LogP contribution in [0.2, 0.25) is 0 Å². The number of anilines is 1. The Bertz CT molecular complexity index is 553. The molecule has 0 aliphatic heterocycles. The first kappa shape index (κ1) is 12.4. The van der Waals surface area contributed by atoms with Crippen molar-refractivity contribution in [3.63, 3.8) is 0 Å². The van der Waals surface area contributed by atoms with Crippen LogP contribution in [-0.2, 0) is 13.1 Å². The van der Waals surface area contributed by atoms with Gasteiger partial charge in [-0.05, 0) is 6.92 Å². The van der Waals surface area contributed by atoms with Crippen LogP contribution >= 0.6 is 0 Å². The molecule has 1 aromatic carbocycles. The molecule has 0 atom stereocenters. The summed E-state index contributed by atoms with van der Waals surface area (Å²) >= 11 is 0. The molecule has 18 heavy (non-hydrogen) atoms. The number of hydrogen-bond acceptors (Lipinski definition) is 3. The topological polar surface area (TPSA) is 42.7 Å². The minimum atomic E-state index is -1.23. The Kier molecular flexibility index (Phi) is 3.50. The number of aromatic nitrogens is 3. The second kappa shape index (κ2) is 5.07. The number of rotatable bonds is 4. The summed E-state index contributed by atoms with van der Waals surface area (Å²) < 4.78 is 40.8. The lowest BCUT2D eigenvalue weighted by atomic mass is 10.3. The quantitative estimate of drug-likeness (QED) is 0.854. The molecule has 4 nitrogen and oxygen atoms in total. The Morgan fingerprint density at radius 1 is 1.28 bits per heavy atom. The van der Waals surface area contributed by atoms with Gasteiger partial charge in [-0.2, -0.15) is 5.10 Å². The molecule has 1 heterocycles. The van der Waals surface area contributed by atoms with E-state index in [-0.39, 0.29) is 12.2 Å². The van der Waals surface area contributed by atoms with Gasteiger partial charge in [0, 0.05) is 18.7 Å². The van der Waals surface area contributed by atoms with Crippen molar-refractivity contribution in [2.75, 3.05) is 5.32 Å². The highest BCUT2D eigenvalue weighted by molar-refractivity contribution is 5.45. The smallest absolute Gasteiger partial charge is 0.182 e. The van der Waals surface area contributed by atoms with Crippen molar-refractivity contribution in [3.8, 4) is 0 Å². The van der Waals surface area contributed by atoms with E-state index in [9.17, 15) is 13.2 Å². The number of nitrogens with zero attached hydrogens (tertiary/aromatic N) is 3. The summed E-state index contributed by atoms with van der Waals surface area (Å²) in [5.41, 5.74) is -0.238. The predicted molar refractivity (Wildman–Crippen MR) is 59.3 cm³/mol. The third kappa shape index (κ3) is 2.44. The van der Waals surface area contributed by atoms with Gasteiger partial charge in [-0.25, -0.2) is 22.8 Å². The maximum Gasteiger partial charge on any atom is 0.182 e. The summed E-state index contributed by atoms with van der Waals surface area (Å²) in [5.74, 6) is -2.62. The molecule has 96 valence electrons. The van der Waals surface area contributed by atoms with Crippen molar-refractivity contribution in [2.45, 2.75) is 20.0 Å². The molecular weight excluding hydrogens is 245 g/mol. The van der Waals surface area contributed by atoms with E-state index < -0.39 is 17.5 Å². The van der Waals surface area contributed by atoms with Crippen LogP contribution < -0.4 is 5.32 Å². The lowest BCUT2D eigenvalue weighted by Crippen LogP contribution is -2.10. The van der Waals surface area contributed by atoms with Crippen molar-refractivity contribution >= 4 is 5.69 Å². The first-order valence-corrected chi connectivity index (χ1v) is 5.37. The minimum Gasteiger partial charge on any atom is -0.375 e. The Balaban J connectivity index is 2.16. The number of halogens is 3. The van der Waals surface area contributed by atoms with E-state index >= 15 is 0 Å². The van der Waals surface area contributed by atoms with Crippen LogP contribution in [0.25, 0.3) is 0 Å². The van der Waals surface area contributed by atoms with Crippen LogP contribution in [0.4, 0.5) is 18.9 Å². The van der Waals surface area contributed by atoms with Crippen LogP contribution in [0, 0.1) is 17.5 Å². The molecule has 1 aromatic heterocycles. The second-order valence-corrected chi connectivity index (χ2v) is 3.59. The number of nitrogens with one attached hydrogen (secondary N) is 1. The van der Waals surface area contributed by atoms with E-state index in [4.69, 9.17) is 0 Å². The molecule has 0 spiro atoms. The normalized spacial score (nSPS) is 10.7. The zero-order valence-corrected chi connectivity index (χ0v) is 9.62. The van der Waals surface area contributed by atoms with Gasteiger partial charge in [0.2, 0.25) is 0 Å². The van der Waals surface area contributed by atoms with Crippen molar-refractivity contribution < 1.29 is 13.2 Å². The maximum atomic E-state index is 13.3. The number of aryl methyl sites for hydroxylation is 1. The van der Waals surface area contributed by atoms with Gasteiger partial charge >= 0.3 is 0 Å². The lowest BCUT2D eigenvalue weighted by molar-refractivity contribution is 0.497. The van der Waals surface area contributed by atoms with Crippen molar-refractivity contribution in [1.29, 1.82) is 0 Å². The Labute approximate surface area is 101 Å². The molecule has 0 aliphatic rings. The molecule has 2 aromatic rings. The van der Waals surface area contributed by atoms with E-state index in [0.717, 1.165) is 6.07 Å². The molecule has 1 N–H and O–H groups in total. The lowest BCUT2D eigenvalue weighted by Gasteiger charge is -2.08. The maximum absolute atomic E-state index is 13.3. The monoisotopic (exact) mass is 256 g/mol. The van der Waals surface area contributed by atoms with Gasteiger partial charge in [-0.15, -0.1) is 0 Å². The average molecular weight is 256 g/mol. The molecular formula is C11H11F3N4. The van der Waals surface area contributed by atoms with Gasteiger partial charge < -0.3 is 5.32 Å². The van der Waals surface area contributed by atoms with Crippen LogP contribution in [0.15, 0.2) is 18.5 Å². The molecule has 0 unspecified atom stereocenters. The Morgan fingerprint density at radius 2 is 2.06 bits per heavy atom. The molecule has 0 fully saturated rings. The third-order valence-corrected chi connectivity index (χ3v) is 2.43. The van der Waals surface area contributed by atoms with Crippen LogP contribution in [0.1, 0.15) is 12.7 Å². The van der Waals surface area contributed by atoms with Crippen molar-refractivity contribution in [1.82, 2.24) is 14.8 Å². The van der Waals surface area contributed by atoms with Crippen LogP contribution in [-0.4, -0.2) is 14.8 Å². The minimum absolute atomic E-state index is 0.133. The van der Waals surface area contributed by atoms with Gasteiger partial charge in [-0.1, -0.05) is 0 Å². The van der Waals surface area contributed by atoms with Gasteiger partial charge in [0.1, 0.15) is 18.0 Å².